The van der Waals surface area contributed by atoms with Crippen LogP contribution >= 0.6 is 0 Å². The predicted molar refractivity (Wildman–Crippen MR) is 54.0 cm³/mol. The van der Waals surface area contributed by atoms with Crippen LogP contribution in [0.5, 0.6) is 0 Å². The molecule has 0 radical (unpaired) electrons. The molecule has 8 heteroatoms. The Morgan fingerprint density at radius 1 is 1.50 bits per heavy atom. The Labute approximate surface area is 90.1 Å². The Morgan fingerprint density at radius 3 is 2.75 bits per heavy atom. The minimum absolute atomic E-state index is 0.0860. The molecule has 0 aliphatic rings. The molecule has 2 rings (SSSR count). The van der Waals surface area contributed by atoms with E-state index in [1.807, 2.05) is 0 Å². The Kier molecular flexibility index (Phi) is 2.16. The number of rotatable bonds is 2. The fraction of sp³-hybridized carbons (Fsp3) is 0.125. The summed E-state index contributed by atoms with van der Waals surface area (Å²) in [4.78, 5) is 20.6. The molecule has 84 valence electrons. The van der Waals surface area contributed by atoms with Crippen LogP contribution in [0, 0.1) is 0 Å². The summed E-state index contributed by atoms with van der Waals surface area (Å²) < 4.78 is 22.8. The van der Waals surface area contributed by atoms with Gasteiger partial charge in [0.2, 0.25) is 0 Å². The molecular formula is C8H7N3O4S. The zero-order chi connectivity index (χ0) is 11.9. The van der Waals surface area contributed by atoms with Crippen molar-refractivity contribution in [2.24, 2.45) is 0 Å². The molecule has 0 bridgehead atoms. The molecule has 0 saturated heterocycles. The highest BCUT2D eigenvalue weighted by molar-refractivity contribution is 7.90. The highest BCUT2D eigenvalue weighted by atomic mass is 32.2. The minimum atomic E-state index is -3.54. The van der Waals surface area contributed by atoms with E-state index in [2.05, 4.69) is 15.0 Å². The number of fused-ring (bicyclic) bond motifs is 1. The predicted octanol–water partition coefficient (Wildman–Crippen LogP) is 0.0596. The molecule has 0 spiro atoms. The Balaban J connectivity index is 2.93. The number of H-pyrrole nitrogens is 1. The normalized spacial score (nSPS) is 11.8. The Bertz CT molecular complexity index is 674. The first-order chi connectivity index (χ1) is 7.41. The van der Waals surface area contributed by atoms with E-state index in [1.54, 1.807) is 0 Å². The summed E-state index contributed by atoms with van der Waals surface area (Å²) >= 11 is 0. The summed E-state index contributed by atoms with van der Waals surface area (Å²) in [6, 6.07) is 0. The first kappa shape index (κ1) is 10.6. The molecule has 16 heavy (non-hydrogen) atoms. The first-order valence-corrected chi connectivity index (χ1v) is 6.05. The smallest absolute Gasteiger partial charge is 0.354 e. The molecule has 0 fully saturated rings. The lowest BCUT2D eigenvalue weighted by Gasteiger charge is -1.92. The molecule has 0 atom stereocenters. The van der Waals surface area contributed by atoms with Crippen LogP contribution in [-0.4, -0.2) is 40.7 Å². The van der Waals surface area contributed by atoms with Gasteiger partial charge in [0.05, 0.1) is 5.39 Å². The van der Waals surface area contributed by atoms with Gasteiger partial charge in [-0.05, 0) is 0 Å². The molecule has 0 aromatic carbocycles. The minimum Gasteiger partial charge on any atom is -0.477 e. The highest BCUT2D eigenvalue weighted by Crippen LogP contribution is 2.23. The SMILES string of the molecule is CS(=O)(=O)c1[nH]c(C(=O)O)c2ncncc12. The topological polar surface area (TPSA) is 113 Å². The van der Waals surface area contributed by atoms with Gasteiger partial charge in [0.1, 0.15) is 16.9 Å². The first-order valence-electron chi connectivity index (χ1n) is 4.16. The van der Waals surface area contributed by atoms with E-state index in [0.29, 0.717) is 0 Å². The Hall–Kier alpha value is -1.96. The number of nitrogens with one attached hydrogen (secondary N) is 1. The van der Waals surface area contributed by atoms with Crippen molar-refractivity contribution in [1.29, 1.82) is 0 Å². The van der Waals surface area contributed by atoms with Crippen LogP contribution < -0.4 is 0 Å². The van der Waals surface area contributed by atoms with Gasteiger partial charge in [-0.1, -0.05) is 0 Å². The third-order valence-corrected chi connectivity index (χ3v) is 3.08. The molecule has 0 amide bonds. The van der Waals surface area contributed by atoms with Gasteiger partial charge in [-0.3, -0.25) is 0 Å². The van der Waals surface area contributed by atoms with Crippen molar-refractivity contribution in [3.8, 4) is 0 Å². The summed E-state index contributed by atoms with van der Waals surface area (Å²) in [5, 5.41) is 8.88. The summed E-state index contributed by atoms with van der Waals surface area (Å²) in [6.07, 6.45) is 3.41. The second-order valence-corrected chi connectivity index (χ2v) is 5.14. The van der Waals surface area contributed by atoms with Crippen molar-refractivity contribution in [2.75, 3.05) is 6.26 Å². The lowest BCUT2D eigenvalue weighted by Crippen LogP contribution is -2.01. The molecule has 7 nitrogen and oxygen atoms in total. The second kappa shape index (κ2) is 3.27. The number of carboxylic acid groups (broad SMARTS) is 1. The van der Waals surface area contributed by atoms with Crippen LogP contribution in [0.15, 0.2) is 17.6 Å². The lowest BCUT2D eigenvalue weighted by atomic mass is 10.3. The maximum absolute atomic E-state index is 11.4. The van der Waals surface area contributed by atoms with Gasteiger partial charge in [0.25, 0.3) is 0 Å². The van der Waals surface area contributed by atoms with E-state index in [1.165, 1.54) is 6.20 Å². The molecule has 0 aliphatic carbocycles. The highest BCUT2D eigenvalue weighted by Gasteiger charge is 2.22. The number of carboxylic acids is 1. The zero-order valence-electron chi connectivity index (χ0n) is 8.13. The van der Waals surface area contributed by atoms with E-state index < -0.39 is 15.8 Å². The molecule has 0 unspecified atom stereocenters. The number of nitrogens with zero attached hydrogens (tertiary/aromatic N) is 2. The number of hydrogen-bond acceptors (Lipinski definition) is 5. The molecule has 0 saturated carbocycles. The van der Waals surface area contributed by atoms with Crippen LogP contribution in [-0.2, 0) is 9.84 Å². The summed E-state index contributed by atoms with van der Waals surface area (Å²) in [6.45, 7) is 0. The molecule has 2 aromatic heterocycles. The number of carbonyl (C=O) groups is 1. The lowest BCUT2D eigenvalue weighted by molar-refractivity contribution is 0.0692. The van der Waals surface area contributed by atoms with E-state index >= 15 is 0 Å². The summed E-state index contributed by atoms with van der Waals surface area (Å²) in [5.74, 6) is -1.27. The van der Waals surface area contributed by atoms with Crippen LogP contribution in [0.2, 0.25) is 0 Å². The van der Waals surface area contributed by atoms with Gasteiger partial charge >= 0.3 is 5.97 Å². The van der Waals surface area contributed by atoms with E-state index in [9.17, 15) is 13.2 Å². The van der Waals surface area contributed by atoms with Gasteiger partial charge in [-0.2, -0.15) is 0 Å². The van der Waals surface area contributed by atoms with Gasteiger partial charge < -0.3 is 10.1 Å². The van der Waals surface area contributed by atoms with Crippen molar-refractivity contribution in [3.63, 3.8) is 0 Å². The standard InChI is InChI=1S/C8H7N3O4S/c1-16(14,15)7-4-2-9-3-10-5(4)6(11-7)8(12)13/h2-3,11H,1H3,(H,12,13). The maximum Gasteiger partial charge on any atom is 0.354 e. The summed E-state index contributed by atoms with van der Waals surface area (Å²) in [7, 11) is -3.54. The molecule has 2 heterocycles. The number of aromatic nitrogens is 3. The molecule has 2 aromatic rings. The number of aromatic amines is 1. The average molecular weight is 241 g/mol. The second-order valence-electron chi connectivity index (χ2n) is 3.19. The van der Waals surface area contributed by atoms with Gasteiger partial charge in [-0.15, -0.1) is 0 Å². The van der Waals surface area contributed by atoms with Crippen molar-refractivity contribution in [1.82, 2.24) is 15.0 Å². The van der Waals surface area contributed by atoms with Crippen molar-refractivity contribution < 1.29 is 18.3 Å². The maximum atomic E-state index is 11.4. The molecular weight excluding hydrogens is 234 g/mol. The van der Waals surface area contributed by atoms with Gasteiger partial charge in [-0.25, -0.2) is 23.2 Å². The van der Waals surface area contributed by atoms with Crippen LogP contribution in [0.1, 0.15) is 10.5 Å². The van der Waals surface area contributed by atoms with Crippen LogP contribution in [0.3, 0.4) is 0 Å². The van der Waals surface area contributed by atoms with Crippen molar-refractivity contribution in [2.45, 2.75) is 5.03 Å². The van der Waals surface area contributed by atoms with E-state index in [4.69, 9.17) is 5.11 Å². The fourth-order valence-corrected chi connectivity index (χ4v) is 2.22. The van der Waals surface area contributed by atoms with E-state index in [0.717, 1.165) is 12.6 Å². The van der Waals surface area contributed by atoms with Crippen LogP contribution in [0.4, 0.5) is 0 Å². The Morgan fingerprint density at radius 2 is 2.19 bits per heavy atom. The fourth-order valence-electron chi connectivity index (χ4n) is 1.38. The number of hydrogen-bond donors (Lipinski definition) is 2. The van der Waals surface area contributed by atoms with Gasteiger partial charge in [0.15, 0.2) is 15.5 Å². The number of sulfone groups is 1. The van der Waals surface area contributed by atoms with Crippen molar-refractivity contribution >= 4 is 26.7 Å². The third kappa shape index (κ3) is 1.52. The monoisotopic (exact) mass is 241 g/mol. The molecule has 2 N–H and O–H groups in total. The quantitative estimate of drug-likeness (QED) is 0.768. The van der Waals surface area contributed by atoms with Crippen molar-refractivity contribution in [3.05, 3.63) is 18.2 Å². The summed E-state index contributed by atoms with van der Waals surface area (Å²) in [5.41, 5.74) is -0.166. The average Bonchev–Trinajstić information content (AvgIpc) is 2.56. The molecule has 0 aliphatic heterocycles. The zero-order valence-corrected chi connectivity index (χ0v) is 8.95. The largest absolute Gasteiger partial charge is 0.477 e. The number of aromatic carboxylic acids is 1. The van der Waals surface area contributed by atoms with Crippen LogP contribution in [0.25, 0.3) is 10.9 Å². The van der Waals surface area contributed by atoms with E-state index in [-0.39, 0.29) is 21.6 Å². The van der Waals surface area contributed by atoms with Gasteiger partial charge in [0, 0.05) is 12.5 Å². The third-order valence-electron chi connectivity index (χ3n) is 2.02.